The van der Waals surface area contributed by atoms with Gasteiger partial charge in [-0.2, -0.15) is 5.10 Å². The summed E-state index contributed by atoms with van der Waals surface area (Å²) in [5.41, 5.74) is 8.09. The van der Waals surface area contributed by atoms with Crippen molar-refractivity contribution in [1.82, 2.24) is 19.7 Å². The number of nitrogen functional groups attached to an aromatic ring is 1. The summed E-state index contributed by atoms with van der Waals surface area (Å²) in [6, 6.07) is 3.38. The quantitative estimate of drug-likeness (QED) is 0.771. The number of alkyl halides is 3. The van der Waals surface area contributed by atoms with Crippen molar-refractivity contribution in [3.05, 3.63) is 24.0 Å². The van der Waals surface area contributed by atoms with Crippen LogP contribution < -0.4 is 10.5 Å². The molecule has 0 spiro atoms. The number of anilines is 1. The highest BCUT2D eigenvalue weighted by Crippen LogP contribution is 2.70. The van der Waals surface area contributed by atoms with Gasteiger partial charge in [0.2, 0.25) is 0 Å². The molecule has 6 rings (SSSR count). The lowest BCUT2D eigenvalue weighted by Crippen LogP contribution is -2.78. The summed E-state index contributed by atoms with van der Waals surface area (Å²) in [6.45, 7) is 7.64. The van der Waals surface area contributed by atoms with Crippen LogP contribution in [-0.4, -0.2) is 57.9 Å². The highest BCUT2D eigenvalue weighted by Gasteiger charge is 2.71. The molecule has 3 saturated carbocycles. The average Bonchev–Trinajstić information content (AvgIpc) is 3.07. The summed E-state index contributed by atoms with van der Waals surface area (Å²) in [5.74, 6) is -0.820. The first kappa shape index (κ1) is 20.6. The Kier molecular flexibility index (Phi) is 4.53. The monoisotopic (exact) mass is 437 g/mol. The molecular weight excluding hydrogens is 411 g/mol. The summed E-state index contributed by atoms with van der Waals surface area (Å²) in [4.78, 5) is 6.44. The van der Waals surface area contributed by atoms with E-state index in [0.29, 0.717) is 11.3 Å². The first-order chi connectivity index (χ1) is 14.6. The van der Waals surface area contributed by atoms with E-state index in [-0.39, 0.29) is 22.8 Å². The van der Waals surface area contributed by atoms with Crippen LogP contribution in [-0.2, 0) is 10.2 Å². The van der Waals surface area contributed by atoms with Gasteiger partial charge in [0.15, 0.2) is 11.6 Å². The van der Waals surface area contributed by atoms with Crippen molar-refractivity contribution in [3.63, 3.8) is 0 Å². The second kappa shape index (κ2) is 6.83. The van der Waals surface area contributed by atoms with Gasteiger partial charge in [-0.15, -0.1) is 13.2 Å². The number of aromatic nitrogens is 3. The van der Waals surface area contributed by atoms with E-state index < -0.39 is 12.1 Å². The molecule has 2 aromatic heterocycles. The van der Waals surface area contributed by atoms with Gasteiger partial charge in [-0.25, -0.2) is 4.98 Å². The molecule has 4 aliphatic rings. The zero-order chi connectivity index (χ0) is 22.0. The molecule has 0 aromatic carbocycles. The van der Waals surface area contributed by atoms with E-state index in [2.05, 4.69) is 28.5 Å². The average molecular weight is 437 g/mol. The number of nitrogens with zero attached hydrogens (tertiary/aromatic N) is 4. The molecule has 4 fully saturated rings. The van der Waals surface area contributed by atoms with E-state index in [4.69, 9.17) is 15.6 Å². The molecule has 1 saturated heterocycles. The van der Waals surface area contributed by atoms with Gasteiger partial charge >= 0.3 is 6.36 Å². The van der Waals surface area contributed by atoms with E-state index in [1.165, 1.54) is 12.3 Å². The first-order valence-corrected chi connectivity index (χ1v) is 10.6. The van der Waals surface area contributed by atoms with Crippen LogP contribution in [0.4, 0.5) is 19.0 Å². The zero-order valence-corrected chi connectivity index (χ0v) is 17.6. The molecular formula is C21H26F3N5O2. The third-order valence-corrected chi connectivity index (χ3v) is 6.86. The topological polar surface area (TPSA) is 78.4 Å². The second-order valence-electron chi connectivity index (χ2n) is 9.24. The Hall–Kier alpha value is -2.33. The lowest BCUT2D eigenvalue weighted by molar-refractivity contribution is -0.274. The van der Waals surface area contributed by atoms with E-state index in [9.17, 15) is 13.2 Å². The van der Waals surface area contributed by atoms with Gasteiger partial charge in [0, 0.05) is 47.5 Å². The summed E-state index contributed by atoms with van der Waals surface area (Å²) in [6.07, 6.45) is -0.149. The predicted octanol–water partition coefficient (Wildman–Crippen LogP) is 3.51. The lowest BCUT2D eigenvalue weighted by atomic mass is 9.37. The van der Waals surface area contributed by atoms with Gasteiger partial charge in [0.1, 0.15) is 0 Å². The smallest absolute Gasteiger partial charge is 0.402 e. The normalized spacial score (nSPS) is 28.3. The molecule has 2 bridgehead atoms. The van der Waals surface area contributed by atoms with Crippen LogP contribution in [0.1, 0.15) is 44.8 Å². The maximum Gasteiger partial charge on any atom is 0.573 e. The van der Waals surface area contributed by atoms with Crippen LogP contribution in [0.5, 0.6) is 5.75 Å². The minimum Gasteiger partial charge on any atom is -0.402 e. The molecule has 31 heavy (non-hydrogen) atoms. The van der Waals surface area contributed by atoms with E-state index in [0.717, 1.165) is 51.3 Å². The molecule has 1 aliphatic heterocycles. The van der Waals surface area contributed by atoms with Crippen LogP contribution >= 0.6 is 0 Å². The van der Waals surface area contributed by atoms with Crippen molar-refractivity contribution in [3.8, 4) is 17.0 Å². The Labute approximate surface area is 178 Å². The van der Waals surface area contributed by atoms with Crippen molar-refractivity contribution in [2.75, 3.05) is 32.0 Å². The molecule has 3 aliphatic carbocycles. The first-order valence-electron chi connectivity index (χ1n) is 10.6. The fourth-order valence-corrected chi connectivity index (χ4v) is 5.51. The Bertz CT molecular complexity index is 978. The third kappa shape index (κ3) is 3.36. The van der Waals surface area contributed by atoms with Crippen LogP contribution in [0.2, 0.25) is 0 Å². The number of ether oxygens (including phenoxy) is 2. The molecule has 168 valence electrons. The standard InChI is InChI=1S/C21H26F3N5O2/c1-13(2)29-17(19-10-20(11-19,12-19)28-3-5-30-6-4-28)8-15(27-29)14-7-16(18(25)26-9-14)31-21(22,23)24/h7-9,13H,3-6,10-12H2,1-2H3,(H2,25,26). The van der Waals surface area contributed by atoms with Crippen molar-refractivity contribution in [2.24, 2.45) is 0 Å². The lowest BCUT2D eigenvalue weighted by Gasteiger charge is -2.74. The van der Waals surface area contributed by atoms with Crippen molar-refractivity contribution >= 4 is 5.82 Å². The number of nitrogens with two attached hydrogens (primary N) is 1. The fourth-order valence-electron chi connectivity index (χ4n) is 5.51. The SMILES string of the molecule is CC(C)n1nc(-c2cnc(N)c(OC(F)(F)F)c2)cc1C12CC(N3CCOCC3)(C1)C2. The molecule has 10 heteroatoms. The van der Waals surface area contributed by atoms with E-state index in [1.54, 1.807) is 0 Å². The maximum atomic E-state index is 12.7. The largest absolute Gasteiger partial charge is 0.573 e. The number of morpholine rings is 1. The molecule has 0 amide bonds. The van der Waals surface area contributed by atoms with Crippen molar-refractivity contribution in [1.29, 1.82) is 0 Å². The Morgan fingerprint density at radius 1 is 1.16 bits per heavy atom. The second-order valence-corrected chi connectivity index (χ2v) is 9.24. The van der Waals surface area contributed by atoms with Crippen LogP contribution in [0.15, 0.2) is 18.3 Å². The number of hydrogen-bond acceptors (Lipinski definition) is 6. The Morgan fingerprint density at radius 3 is 2.45 bits per heavy atom. The third-order valence-electron chi connectivity index (χ3n) is 6.86. The van der Waals surface area contributed by atoms with Gasteiger partial charge in [-0.05, 0) is 45.2 Å². The number of hydrogen-bond donors (Lipinski definition) is 1. The molecule has 0 unspecified atom stereocenters. The van der Waals surface area contributed by atoms with Gasteiger partial charge in [0.25, 0.3) is 0 Å². The molecule has 7 nitrogen and oxygen atoms in total. The van der Waals surface area contributed by atoms with Gasteiger partial charge in [0.05, 0.1) is 18.9 Å². The Balaban J connectivity index is 1.42. The molecule has 3 heterocycles. The van der Waals surface area contributed by atoms with Gasteiger partial charge in [-0.1, -0.05) is 0 Å². The highest BCUT2D eigenvalue weighted by molar-refractivity contribution is 5.65. The van der Waals surface area contributed by atoms with Crippen LogP contribution in [0.3, 0.4) is 0 Å². The molecule has 2 N–H and O–H groups in total. The predicted molar refractivity (Wildman–Crippen MR) is 108 cm³/mol. The summed E-state index contributed by atoms with van der Waals surface area (Å²) in [5, 5.41) is 4.72. The molecule has 0 atom stereocenters. The van der Waals surface area contributed by atoms with Crippen LogP contribution in [0.25, 0.3) is 11.3 Å². The molecule has 2 aromatic rings. The van der Waals surface area contributed by atoms with E-state index in [1.807, 2.05) is 10.7 Å². The molecule has 0 radical (unpaired) electrons. The summed E-state index contributed by atoms with van der Waals surface area (Å²) >= 11 is 0. The van der Waals surface area contributed by atoms with Crippen molar-refractivity contribution in [2.45, 2.75) is 56.5 Å². The highest BCUT2D eigenvalue weighted by atomic mass is 19.4. The van der Waals surface area contributed by atoms with Crippen LogP contribution in [0, 0.1) is 0 Å². The van der Waals surface area contributed by atoms with Gasteiger partial charge < -0.3 is 15.2 Å². The zero-order valence-electron chi connectivity index (χ0n) is 17.6. The number of rotatable bonds is 5. The minimum absolute atomic E-state index is 0.0837. The fraction of sp³-hybridized carbons (Fsp3) is 0.619. The summed E-state index contributed by atoms with van der Waals surface area (Å²) in [7, 11) is 0. The van der Waals surface area contributed by atoms with Gasteiger partial charge in [-0.3, -0.25) is 9.58 Å². The number of halogens is 3. The number of pyridine rings is 1. The maximum absolute atomic E-state index is 12.7. The van der Waals surface area contributed by atoms with Crippen molar-refractivity contribution < 1.29 is 22.6 Å². The summed E-state index contributed by atoms with van der Waals surface area (Å²) < 4.78 is 49.6. The minimum atomic E-state index is -4.84. The Morgan fingerprint density at radius 2 is 1.84 bits per heavy atom. The van der Waals surface area contributed by atoms with E-state index >= 15 is 0 Å².